The van der Waals surface area contributed by atoms with Gasteiger partial charge in [0, 0.05) is 6.54 Å². The molecule has 0 aliphatic carbocycles. The lowest BCUT2D eigenvalue weighted by Crippen LogP contribution is -2.34. The van der Waals surface area contributed by atoms with Gasteiger partial charge < -0.3 is 15.1 Å². The Kier molecular flexibility index (Phi) is 6.98. The molecule has 0 unspecified atom stereocenters. The predicted octanol–water partition coefficient (Wildman–Crippen LogP) is 3.67. The Morgan fingerprint density at radius 3 is 2.56 bits per heavy atom. The zero-order valence-electron chi connectivity index (χ0n) is 13.4. The minimum absolute atomic E-state index is 0.0985. The zero-order valence-corrected chi connectivity index (χ0v) is 15.0. The van der Waals surface area contributed by atoms with Crippen molar-refractivity contribution in [3.8, 4) is 0 Å². The van der Waals surface area contributed by atoms with Crippen LogP contribution < -0.4 is 10.6 Å². The minimum Gasteiger partial charge on any atom is -0.444 e. The number of carbonyl (C=O) groups excluding carboxylic acids is 2. The van der Waals surface area contributed by atoms with Crippen LogP contribution in [0, 0.1) is 0 Å². The SMILES string of the molecule is C=CCNC(=O)/C(=C\C=C\c1ccccc1)NC(=O)c1ccc(Br)o1. The van der Waals surface area contributed by atoms with E-state index in [1.54, 1.807) is 18.2 Å². The summed E-state index contributed by atoms with van der Waals surface area (Å²) in [6, 6.07) is 12.7. The maximum atomic E-state index is 12.2. The summed E-state index contributed by atoms with van der Waals surface area (Å²) in [4.78, 5) is 24.4. The molecule has 2 rings (SSSR count). The number of hydrogen-bond donors (Lipinski definition) is 2. The largest absolute Gasteiger partial charge is 0.444 e. The van der Waals surface area contributed by atoms with Gasteiger partial charge in [0.1, 0.15) is 5.70 Å². The van der Waals surface area contributed by atoms with Crippen LogP contribution in [-0.4, -0.2) is 18.4 Å². The molecule has 2 amide bonds. The summed E-state index contributed by atoms with van der Waals surface area (Å²) < 4.78 is 5.63. The van der Waals surface area contributed by atoms with Crippen LogP contribution in [0.15, 0.2) is 82.1 Å². The molecule has 0 radical (unpaired) electrons. The molecule has 2 N–H and O–H groups in total. The van der Waals surface area contributed by atoms with Gasteiger partial charge in [0.15, 0.2) is 10.4 Å². The van der Waals surface area contributed by atoms with E-state index in [1.807, 2.05) is 36.4 Å². The van der Waals surface area contributed by atoms with E-state index < -0.39 is 11.8 Å². The molecule has 0 aliphatic rings. The van der Waals surface area contributed by atoms with Crippen molar-refractivity contribution < 1.29 is 14.0 Å². The van der Waals surface area contributed by atoms with E-state index in [4.69, 9.17) is 4.42 Å². The summed E-state index contributed by atoms with van der Waals surface area (Å²) in [5, 5.41) is 5.18. The summed E-state index contributed by atoms with van der Waals surface area (Å²) >= 11 is 3.13. The molecule has 0 fully saturated rings. The number of amides is 2. The predicted molar refractivity (Wildman–Crippen MR) is 101 cm³/mol. The molecule has 1 aromatic carbocycles. The number of rotatable bonds is 7. The van der Waals surface area contributed by atoms with E-state index >= 15 is 0 Å². The van der Waals surface area contributed by atoms with E-state index in [-0.39, 0.29) is 11.5 Å². The highest BCUT2D eigenvalue weighted by Crippen LogP contribution is 2.14. The fraction of sp³-hybridized carbons (Fsp3) is 0.0526. The van der Waals surface area contributed by atoms with Crippen LogP contribution >= 0.6 is 15.9 Å². The first-order chi connectivity index (χ1) is 12.1. The Labute approximate surface area is 154 Å². The van der Waals surface area contributed by atoms with Crippen LogP contribution in [0.3, 0.4) is 0 Å². The molecule has 2 aromatic rings. The summed E-state index contributed by atoms with van der Waals surface area (Å²) in [5.41, 5.74) is 1.08. The fourth-order valence-corrected chi connectivity index (χ4v) is 2.18. The normalized spacial score (nSPS) is 11.3. The topological polar surface area (TPSA) is 71.3 Å². The van der Waals surface area contributed by atoms with Gasteiger partial charge in [-0.3, -0.25) is 9.59 Å². The van der Waals surface area contributed by atoms with E-state index in [2.05, 4.69) is 33.1 Å². The van der Waals surface area contributed by atoms with Crippen molar-refractivity contribution in [2.24, 2.45) is 0 Å². The first-order valence-corrected chi connectivity index (χ1v) is 8.28. The van der Waals surface area contributed by atoms with Crippen molar-refractivity contribution in [1.82, 2.24) is 10.6 Å². The highest BCUT2D eigenvalue weighted by Gasteiger charge is 2.15. The summed E-state index contributed by atoms with van der Waals surface area (Å²) in [5.74, 6) is -0.836. The van der Waals surface area contributed by atoms with Gasteiger partial charge in [-0.1, -0.05) is 48.6 Å². The Hall–Kier alpha value is -2.86. The van der Waals surface area contributed by atoms with Gasteiger partial charge in [-0.25, -0.2) is 0 Å². The second-order valence-electron chi connectivity index (χ2n) is 4.91. The van der Waals surface area contributed by atoms with E-state index in [0.29, 0.717) is 11.2 Å². The van der Waals surface area contributed by atoms with Gasteiger partial charge in [0.2, 0.25) is 0 Å². The number of halogens is 1. The standard InChI is InChI=1S/C19H17BrN2O3/c1-2-13-21-18(23)15(10-6-9-14-7-4-3-5-8-14)22-19(24)16-11-12-17(20)25-16/h2-12H,1,13H2,(H,21,23)(H,22,24)/b9-6+,15-10+. The molecule has 1 heterocycles. The second-order valence-corrected chi connectivity index (χ2v) is 5.69. The number of furan rings is 1. The molecule has 0 saturated carbocycles. The first kappa shape index (κ1) is 18.5. The van der Waals surface area contributed by atoms with Crippen molar-refractivity contribution in [3.63, 3.8) is 0 Å². The molecule has 0 saturated heterocycles. The molecule has 1 aromatic heterocycles. The van der Waals surface area contributed by atoms with E-state index in [9.17, 15) is 9.59 Å². The fourth-order valence-electron chi connectivity index (χ4n) is 1.87. The summed E-state index contributed by atoms with van der Waals surface area (Å²) in [6.07, 6.45) is 6.61. The van der Waals surface area contributed by atoms with Gasteiger partial charge in [-0.05, 0) is 39.7 Å². The Bertz CT molecular complexity index is 807. The molecule has 5 nitrogen and oxygen atoms in total. The minimum atomic E-state index is -0.515. The van der Waals surface area contributed by atoms with Crippen molar-refractivity contribution in [3.05, 3.63) is 89.0 Å². The lowest BCUT2D eigenvalue weighted by molar-refractivity contribution is -0.117. The maximum Gasteiger partial charge on any atom is 0.291 e. The zero-order chi connectivity index (χ0) is 18.1. The lowest BCUT2D eigenvalue weighted by Gasteiger charge is -2.08. The van der Waals surface area contributed by atoms with Gasteiger partial charge >= 0.3 is 0 Å². The van der Waals surface area contributed by atoms with E-state index in [0.717, 1.165) is 5.56 Å². The highest BCUT2D eigenvalue weighted by molar-refractivity contribution is 9.10. The smallest absolute Gasteiger partial charge is 0.291 e. The molecule has 25 heavy (non-hydrogen) atoms. The average Bonchev–Trinajstić information content (AvgIpc) is 3.06. The average molecular weight is 401 g/mol. The molecule has 6 heteroatoms. The molecule has 0 bridgehead atoms. The van der Waals surface area contributed by atoms with Crippen LogP contribution in [0.5, 0.6) is 0 Å². The Balaban J connectivity index is 2.15. The van der Waals surface area contributed by atoms with Gasteiger partial charge in [-0.2, -0.15) is 0 Å². The monoisotopic (exact) mass is 400 g/mol. The van der Waals surface area contributed by atoms with Crippen molar-refractivity contribution >= 4 is 33.8 Å². The maximum absolute atomic E-state index is 12.2. The number of nitrogens with one attached hydrogen (secondary N) is 2. The molecule has 0 aliphatic heterocycles. The van der Waals surface area contributed by atoms with Gasteiger partial charge in [0.05, 0.1) is 0 Å². The van der Waals surface area contributed by atoms with Crippen LogP contribution in [0.2, 0.25) is 0 Å². The highest BCUT2D eigenvalue weighted by atomic mass is 79.9. The molecular formula is C19H17BrN2O3. The number of allylic oxidation sites excluding steroid dienone is 2. The van der Waals surface area contributed by atoms with Crippen LogP contribution in [-0.2, 0) is 4.79 Å². The number of carbonyl (C=O) groups is 2. The molecule has 0 spiro atoms. The van der Waals surface area contributed by atoms with Crippen LogP contribution in [0.25, 0.3) is 6.08 Å². The van der Waals surface area contributed by atoms with Crippen molar-refractivity contribution in [2.75, 3.05) is 6.54 Å². The number of hydrogen-bond acceptors (Lipinski definition) is 3. The summed E-state index contributed by atoms with van der Waals surface area (Å²) in [6.45, 7) is 3.84. The Morgan fingerprint density at radius 2 is 1.92 bits per heavy atom. The second kappa shape index (κ2) is 9.44. The molecule has 128 valence electrons. The van der Waals surface area contributed by atoms with E-state index in [1.165, 1.54) is 12.1 Å². The number of benzene rings is 1. The third-order valence-corrected chi connectivity index (χ3v) is 3.47. The molecular weight excluding hydrogens is 384 g/mol. The quantitative estimate of drug-likeness (QED) is 0.423. The summed E-state index contributed by atoms with van der Waals surface area (Å²) in [7, 11) is 0. The lowest BCUT2D eigenvalue weighted by atomic mass is 10.2. The van der Waals surface area contributed by atoms with Crippen molar-refractivity contribution in [2.45, 2.75) is 0 Å². The Morgan fingerprint density at radius 1 is 1.16 bits per heavy atom. The third kappa shape index (κ3) is 5.93. The molecule has 0 atom stereocenters. The first-order valence-electron chi connectivity index (χ1n) is 7.49. The van der Waals surface area contributed by atoms with Crippen molar-refractivity contribution in [1.29, 1.82) is 0 Å². The van der Waals surface area contributed by atoms with Gasteiger partial charge in [-0.15, -0.1) is 6.58 Å². The van der Waals surface area contributed by atoms with Crippen LogP contribution in [0.1, 0.15) is 16.1 Å². The van der Waals surface area contributed by atoms with Crippen LogP contribution in [0.4, 0.5) is 0 Å². The third-order valence-electron chi connectivity index (χ3n) is 3.05. The van der Waals surface area contributed by atoms with Gasteiger partial charge in [0.25, 0.3) is 11.8 Å².